The van der Waals surface area contributed by atoms with Gasteiger partial charge in [-0.1, -0.05) is 0 Å². The van der Waals surface area contributed by atoms with Crippen LogP contribution in [0.15, 0.2) is 0 Å². The number of nitrogens with one attached hydrogen (secondary N) is 1. The molecule has 1 N–H and O–H groups in total. The van der Waals surface area contributed by atoms with Crippen LogP contribution in [0.1, 0.15) is 13.8 Å². The average Bonchev–Trinajstić information content (AvgIpc) is 2.35. The van der Waals surface area contributed by atoms with Crippen molar-refractivity contribution in [2.45, 2.75) is 41.3 Å². The van der Waals surface area contributed by atoms with E-state index in [-0.39, 0.29) is 29.2 Å². The van der Waals surface area contributed by atoms with Crippen LogP contribution in [0.3, 0.4) is 0 Å². The Morgan fingerprint density at radius 2 is 1.52 bits per heavy atom. The van der Waals surface area contributed by atoms with Crippen LogP contribution in [0.25, 0.3) is 0 Å². The minimum Gasteiger partial charge on any atom is -0.465 e. The second-order valence-electron chi connectivity index (χ2n) is 4.25. The van der Waals surface area contributed by atoms with Crippen molar-refractivity contribution >= 4 is 38.6 Å². The number of sulfonamides is 1. The molecule has 0 aromatic heterocycles. The van der Waals surface area contributed by atoms with Gasteiger partial charge in [-0.05, 0) is 13.8 Å². The van der Waals surface area contributed by atoms with E-state index >= 15 is 0 Å². The van der Waals surface area contributed by atoms with E-state index in [1.54, 1.807) is 0 Å². The van der Waals surface area contributed by atoms with Gasteiger partial charge >= 0.3 is 27.4 Å². The first-order chi connectivity index (χ1) is 10.8. The van der Waals surface area contributed by atoms with Gasteiger partial charge in [-0.3, -0.25) is 4.79 Å². The van der Waals surface area contributed by atoms with Crippen molar-refractivity contribution in [1.82, 2.24) is 4.72 Å². The number of hydrogen-bond acceptors (Lipinski definition) is 5. The van der Waals surface area contributed by atoms with Crippen molar-refractivity contribution in [1.29, 1.82) is 0 Å². The van der Waals surface area contributed by atoms with Gasteiger partial charge in [0.2, 0.25) is 0 Å². The van der Waals surface area contributed by atoms with E-state index in [4.69, 9.17) is 0 Å². The summed E-state index contributed by atoms with van der Waals surface area (Å²) in [5, 5.41) is -6.44. The molecule has 6 nitrogen and oxygen atoms in total. The summed E-state index contributed by atoms with van der Waals surface area (Å²) in [6.45, 7) is 1.55. The lowest BCUT2D eigenvalue weighted by molar-refractivity contribution is -0.438. The van der Waals surface area contributed by atoms with Crippen molar-refractivity contribution < 1.29 is 57.8 Å². The Morgan fingerprint density at radius 3 is 1.88 bits per heavy atom. The van der Waals surface area contributed by atoms with Crippen LogP contribution in [-0.4, -0.2) is 48.4 Å². The molecule has 0 fully saturated rings. The normalized spacial score (nSPS) is 15.8. The first kappa shape index (κ1) is 24.5. The molecule has 0 rings (SSSR count). The summed E-state index contributed by atoms with van der Waals surface area (Å²) < 4.78 is 128. The zero-order valence-corrected chi connectivity index (χ0v) is 15.1. The number of halogens is 9. The van der Waals surface area contributed by atoms with Crippen LogP contribution < -0.4 is 4.72 Å². The molecular weight excluding hydrogens is 513 g/mol. The van der Waals surface area contributed by atoms with Gasteiger partial charge in [-0.25, -0.2) is 13.2 Å². The van der Waals surface area contributed by atoms with Gasteiger partial charge in [0.1, 0.15) is 6.04 Å². The van der Waals surface area contributed by atoms with Gasteiger partial charge < -0.3 is 4.74 Å². The Hall–Kier alpha value is -0.490. The summed E-state index contributed by atoms with van der Waals surface area (Å²) in [7, 11) is -6.54. The third kappa shape index (κ3) is 5.49. The van der Waals surface area contributed by atoms with Crippen molar-refractivity contribution in [3.8, 4) is 0 Å². The highest BCUT2D eigenvalue weighted by atomic mass is 127. The molecule has 0 heterocycles. The second-order valence-corrected chi connectivity index (χ2v) is 7.36. The summed E-state index contributed by atoms with van der Waals surface area (Å²) in [6.07, 6.45) is -12.7. The first-order valence-electron chi connectivity index (χ1n) is 5.91. The van der Waals surface area contributed by atoms with Crippen molar-refractivity contribution in [3.05, 3.63) is 0 Å². The summed E-state index contributed by atoms with van der Waals surface area (Å²) in [5.41, 5.74) is 0. The monoisotopic (exact) mass is 523 g/mol. The van der Waals surface area contributed by atoms with Gasteiger partial charge in [-0.2, -0.15) is 39.8 Å². The van der Waals surface area contributed by atoms with E-state index in [0.29, 0.717) is 6.92 Å². The second kappa shape index (κ2) is 7.63. The lowest BCUT2D eigenvalue weighted by atomic mass is 10.4. The predicted molar refractivity (Wildman–Crippen MR) is 73.0 cm³/mol. The number of ether oxygens (including phenoxy) is 2. The fourth-order valence-corrected chi connectivity index (χ4v) is 2.23. The molecule has 1 unspecified atom stereocenters. The largest absolute Gasteiger partial charge is 0.465 e. The molecule has 0 bridgehead atoms. The third-order valence-corrected chi connectivity index (χ3v) is 4.44. The molecule has 150 valence electrons. The quantitative estimate of drug-likeness (QED) is 0.218. The molecule has 0 amide bonds. The molecule has 0 aromatic carbocycles. The molecule has 0 aliphatic carbocycles. The van der Waals surface area contributed by atoms with E-state index in [0.717, 1.165) is 4.72 Å². The van der Waals surface area contributed by atoms with Gasteiger partial charge in [-0.15, -0.1) is 0 Å². The van der Waals surface area contributed by atoms with Crippen molar-refractivity contribution in [3.63, 3.8) is 0 Å². The first-order valence-corrected chi connectivity index (χ1v) is 8.47. The maximum absolute atomic E-state index is 13.4. The highest BCUT2D eigenvalue weighted by Gasteiger charge is 2.73. The van der Waals surface area contributed by atoms with Crippen LogP contribution in [0.5, 0.6) is 0 Å². The van der Waals surface area contributed by atoms with E-state index in [1.807, 2.05) is 0 Å². The minimum absolute atomic E-state index is 0.322. The molecule has 16 heteroatoms. The molecule has 1 atom stereocenters. The molecule has 0 spiro atoms. The molecule has 0 radical (unpaired) electrons. The highest BCUT2D eigenvalue weighted by molar-refractivity contribution is 14.1. The zero-order chi connectivity index (χ0) is 20.5. The number of rotatable bonds is 9. The fraction of sp³-hybridized carbons (Fsp3) is 0.889. The van der Waals surface area contributed by atoms with Gasteiger partial charge in [0.05, 0.1) is 6.61 Å². The standard InChI is InChI=1S/C9H10F8INO5S/c1-3-23-5(20)4(2)19-25(21,22)9(16,17)8(14,15)24-7(12,13)6(10,11)18/h4,19H,3H2,1-2H3. The number of esters is 1. The fourth-order valence-electron chi connectivity index (χ4n) is 1.06. The van der Waals surface area contributed by atoms with E-state index in [2.05, 4.69) is 9.47 Å². The average molecular weight is 523 g/mol. The van der Waals surface area contributed by atoms with Crippen LogP contribution in [0.2, 0.25) is 0 Å². The summed E-state index contributed by atoms with van der Waals surface area (Å²) in [6, 6.07) is -2.11. The third-order valence-electron chi connectivity index (χ3n) is 2.23. The maximum Gasteiger partial charge on any atom is 0.448 e. The molecule has 0 saturated carbocycles. The van der Waals surface area contributed by atoms with E-state index in [1.165, 1.54) is 6.92 Å². The lowest BCUT2D eigenvalue weighted by Gasteiger charge is -2.31. The Morgan fingerprint density at radius 1 is 1.08 bits per heavy atom. The minimum atomic E-state index is -6.58. The van der Waals surface area contributed by atoms with Crippen LogP contribution in [0, 0.1) is 0 Å². The molecule has 25 heavy (non-hydrogen) atoms. The summed E-state index contributed by atoms with van der Waals surface area (Å²) in [5.74, 6) is -1.45. The van der Waals surface area contributed by atoms with Gasteiger partial charge in [0, 0.05) is 22.6 Å². The zero-order valence-electron chi connectivity index (χ0n) is 12.1. The van der Waals surface area contributed by atoms with Crippen molar-refractivity contribution in [2.75, 3.05) is 6.61 Å². The van der Waals surface area contributed by atoms with Crippen LogP contribution >= 0.6 is 22.6 Å². The molecule has 0 aliphatic rings. The lowest BCUT2D eigenvalue weighted by Crippen LogP contribution is -2.59. The molecule has 0 aliphatic heterocycles. The molecule has 0 saturated heterocycles. The summed E-state index contributed by atoms with van der Waals surface area (Å²) in [4.78, 5) is 11.1. The van der Waals surface area contributed by atoms with Crippen LogP contribution in [-0.2, 0) is 24.3 Å². The maximum atomic E-state index is 13.4. The van der Waals surface area contributed by atoms with Crippen molar-refractivity contribution in [2.24, 2.45) is 0 Å². The number of hydrogen-bond donors (Lipinski definition) is 1. The molecule has 0 aromatic rings. The topological polar surface area (TPSA) is 81.7 Å². The summed E-state index contributed by atoms with van der Waals surface area (Å²) >= 11 is -0.367. The van der Waals surface area contributed by atoms with E-state index < -0.39 is 43.4 Å². The Bertz CT molecular complexity index is 593. The smallest absolute Gasteiger partial charge is 0.448 e. The Kier molecular flexibility index (Phi) is 7.48. The number of alkyl halides is 9. The Labute approximate surface area is 149 Å². The number of carbonyl (C=O) groups excluding carboxylic acids is 1. The highest BCUT2D eigenvalue weighted by Crippen LogP contribution is 2.48. The number of carbonyl (C=O) groups is 1. The van der Waals surface area contributed by atoms with Crippen LogP contribution in [0.4, 0.5) is 35.1 Å². The van der Waals surface area contributed by atoms with E-state index in [9.17, 15) is 48.3 Å². The predicted octanol–water partition coefficient (Wildman–Crippen LogP) is 2.68. The van der Waals surface area contributed by atoms with Gasteiger partial charge in [0.25, 0.3) is 10.0 Å². The Balaban J connectivity index is 5.60. The SMILES string of the molecule is CCOC(=O)C(C)NS(=O)(=O)C(F)(F)C(F)(F)OC(F)(F)C(F)(F)I. The van der Waals surface area contributed by atoms with Gasteiger partial charge in [0.15, 0.2) is 0 Å². The molecular formula is C9H10F8INO5S.